The molecule has 2 rings (SSSR count). The van der Waals surface area contributed by atoms with Gasteiger partial charge in [-0.05, 0) is 42.5 Å². The van der Waals surface area contributed by atoms with Crippen LogP contribution in [0.5, 0.6) is 0 Å². The molecule has 0 fully saturated rings. The number of rotatable bonds is 6. The highest BCUT2D eigenvalue weighted by Crippen LogP contribution is 2.24. The van der Waals surface area contributed by atoms with Crippen LogP contribution in [0.3, 0.4) is 0 Å². The molecule has 106 valence electrons. The molecule has 2 aromatic carbocycles. The molecule has 0 amide bonds. The molecule has 0 saturated heterocycles. The van der Waals surface area contributed by atoms with Crippen LogP contribution in [0.25, 0.3) is 11.1 Å². The Morgan fingerprint density at radius 1 is 0.800 bits per heavy atom. The Bertz CT molecular complexity index is 499. The van der Waals surface area contributed by atoms with Crippen LogP contribution in [0.15, 0.2) is 54.6 Å². The number of benzene rings is 2. The van der Waals surface area contributed by atoms with Crippen LogP contribution in [-0.4, -0.2) is 7.05 Å². The van der Waals surface area contributed by atoms with Gasteiger partial charge in [0.05, 0.1) is 0 Å². The molecule has 1 N–H and O–H groups in total. The van der Waals surface area contributed by atoms with Crippen LogP contribution in [-0.2, 0) is 0 Å². The summed E-state index contributed by atoms with van der Waals surface area (Å²) in [6, 6.07) is 20.0. The SMILES string of the molecule is CNC(CCC(C)C)c1ccc(-c2ccccc2)cc1. The van der Waals surface area contributed by atoms with Crippen LogP contribution in [0, 0.1) is 5.92 Å². The molecule has 0 aromatic heterocycles. The number of hydrogen-bond donors (Lipinski definition) is 1. The average molecular weight is 267 g/mol. The summed E-state index contributed by atoms with van der Waals surface area (Å²) in [4.78, 5) is 0. The van der Waals surface area contributed by atoms with E-state index in [1.807, 2.05) is 0 Å². The minimum absolute atomic E-state index is 0.460. The van der Waals surface area contributed by atoms with Gasteiger partial charge in [0, 0.05) is 6.04 Å². The fourth-order valence-electron chi connectivity index (χ4n) is 2.52. The lowest BCUT2D eigenvalue weighted by atomic mass is 9.96. The third-order valence-electron chi connectivity index (χ3n) is 3.80. The van der Waals surface area contributed by atoms with Gasteiger partial charge in [-0.1, -0.05) is 68.4 Å². The maximum atomic E-state index is 3.43. The van der Waals surface area contributed by atoms with Gasteiger partial charge in [0.25, 0.3) is 0 Å². The molecule has 0 spiro atoms. The van der Waals surface area contributed by atoms with Crippen molar-refractivity contribution >= 4 is 0 Å². The zero-order valence-electron chi connectivity index (χ0n) is 12.8. The first kappa shape index (κ1) is 14.8. The normalized spacial score (nSPS) is 12.6. The molecule has 20 heavy (non-hydrogen) atoms. The van der Waals surface area contributed by atoms with Crippen molar-refractivity contribution in [2.24, 2.45) is 5.92 Å². The summed E-state index contributed by atoms with van der Waals surface area (Å²) in [5, 5.41) is 3.43. The van der Waals surface area contributed by atoms with Crippen molar-refractivity contribution < 1.29 is 0 Å². The second-order valence-electron chi connectivity index (χ2n) is 5.80. The van der Waals surface area contributed by atoms with Gasteiger partial charge < -0.3 is 5.32 Å². The van der Waals surface area contributed by atoms with Crippen molar-refractivity contribution in [3.8, 4) is 11.1 Å². The van der Waals surface area contributed by atoms with E-state index in [2.05, 4.69) is 80.8 Å². The van der Waals surface area contributed by atoms with Gasteiger partial charge >= 0.3 is 0 Å². The first-order valence-corrected chi connectivity index (χ1v) is 7.53. The van der Waals surface area contributed by atoms with Crippen molar-refractivity contribution in [2.75, 3.05) is 7.05 Å². The highest BCUT2D eigenvalue weighted by atomic mass is 14.9. The molecule has 0 saturated carbocycles. The molecule has 1 atom stereocenters. The predicted octanol–water partition coefficient (Wildman–Crippen LogP) is 5.05. The van der Waals surface area contributed by atoms with Gasteiger partial charge in [-0.15, -0.1) is 0 Å². The van der Waals surface area contributed by atoms with Crippen LogP contribution in [0.2, 0.25) is 0 Å². The Balaban J connectivity index is 2.10. The summed E-state index contributed by atoms with van der Waals surface area (Å²) in [6.45, 7) is 4.57. The number of hydrogen-bond acceptors (Lipinski definition) is 1. The van der Waals surface area contributed by atoms with Gasteiger partial charge in [0.1, 0.15) is 0 Å². The molecule has 1 unspecified atom stereocenters. The highest BCUT2D eigenvalue weighted by Gasteiger charge is 2.10. The van der Waals surface area contributed by atoms with E-state index < -0.39 is 0 Å². The van der Waals surface area contributed by atoms with Gasteiger partial charge in [-0.2, -0.15) is 0 Å². The van der Waals surface area contributed by atoms with E-state index in [4.69, 9.17) is 0 Å². The van der Waals surface area contributed by atoms with Crippen LogP contribution in [0.1, 0.15) is 38.3 Å². The Morgan fingerprint density at radius 2 is 1.40 bits per heavy atom. The summed E-state index contributed by atoms with van der Waals surface area (Å²) in [5.74, 6) is 0.759. The predicted molar refractivity (Wildman–Crippen MR) is 87.8 cm³/mol. The highest BCUT2D eigenvalue weighted by molar-refractivity contribution is 5.63. The molecule has 0 heterocycles. The molecule has 0 aliphatic rings. The average Bonchev–Trinajstić information content (AvgIpc) is 2.49. The topological polar surface area (TPSA) is 12.0 Å². The zero-order valence-corrected chi connectivity index (χ0v) is 12.8. The summed E-state index contributed by atoms with van der Waals surface area (Å²) in [7, 11) is 2.05. The fraction of sp³-hybridized carbons (Fsp3) is 0.368. The molecule has 1 nitrogen and oxygen atoms in total. The van der Waals surface area contributed by atoms with Crippen molar-refractivity contribution in [1.82, 2.24) is 5.32 Å². The summed E-state index contributed by atoms with van der Waals surface area (Å²) < 4.78 is 0. The van der Waals surface area contributed by atoms with E-state index in [1.165, 1.54) is 29.5 Å². The Hall–Kier alpha value is -1.60. The van der Waals surface area contributed by atoms with Gasteiger partial charge in [-0.3, -0.25) is 0 Å². The van der Waals surface area contributed by atoms with Crippen molar-refractivity contribution in [3.05, 3.63) is 60.2 Å². The summed E-state index contributed by atoms with van der Waals surface area (Å²) in [6.07, 6.45) is 2.45. The maximum absolute atomic E-state index is 3.43. The van der Waals surface area contributed by atoms with E-state index in [0.717, 1.165) is 5.92 Å². The summed E-state index contributed by atoms with van der Waals surface area (Å²) >= 11 is 0. The van der Waals surface area contributed by atoms with E-state index in [1.54, 1.807) is 0 Å². The Labute approximate surface area is 123 Å². The zero-order chi connectivity index (χ0) is 14.4. The molecule has 1 heteroatoms. The standard InChI is InChI=1S/C19H25N/c1-15(2)9-14-19(20-3)18-12-10-17(11-13-18)16-7-5-4-6-8-16/h4-8,10-13,15,19-20H,9,14H2,1-3H3. The summed E-state index contributed by atoms with van der Waals surface area (Å²) in [5.41, 5.74) is 3.95. The molecular formula is C19H25N. The number of nitrogens with one attached hydrogen (secondary N) is 1. The van der Waals surface area contributed by atoms with Gasteiger partial charge in [0.15, 0.2) is 0 Å². The van der Waals surface area contributed by atoms with E-state index in [0.29, 0.717) is 6.04 Å². The van der Waals surface area contributed by atoms with Gasteiger partial charge in [-0.25, -0.2) is 0 Å². The molecule has 0 bridgehead atoms. The fourth-order valence-corrected chi connectivity index (χ4v) is 2.52. The Kier molecular flexibility index (Phi) is 5.37. The molecule has 0 aliphatic carbocycles. The quantitative estimate of drug-likeness (QED) is 0.772. The maximum Gasteiger partial charge on any atom is 0.0317 e. The molecule has 2 aromatic rings. The largest absolute Gasteiger partial charge is 0.313 e. The van der Waals surface area contributed by atoms with E-state index in [9.17, 15) is 0 Å². The molecule has 0 radical (unpaired) electrons. The minimum atomic E-state index is 0.460. The second kappa shape index (κ2) is 7.25. The van der Waals surface area contributed by atoms with Crippen molar-refractivity contribution in [1.29, 1.82) is 0 Å². The lowest BCUT2D eigenvalue weighted by Gasteiger charge is -2.18. The van der Waals surface area contributed by atoms with E-state index >= 15 is 0 Å². The smallest absolute Gasteiger partial charge is 0.0317 e. The Morgan fingerprint density at radius 3 is 1.95 bits per heavy atom. The van der Waals surface area contributed by atoms with Crippen LogP contribution >= 0.6 is 0 Å². The molecule has 0 aliphatic heterocycles. The van der Waals surface area contributed by atoms with Gasteiger partial charge in [0.2, 0.25) is 0 Å². The van der Waals surface area contributed by atoms with Crippen LogP contribution in [0.4, 0.5) is 0 Å². The monoisotopic (exact) mass is 267 g/mol. The lowest BCUT2D eigenvalue weighted by Crippen LogP contribution is -2.16. The minimum Gasteiger partial charge on any atom is -0.313 e. The lowest BCUT2D eigenvalue weighted by molar-refractivity contribution is 0.465. The molecular weight excluding hydrogens is 242 g/mol. The first-order valence-electron chi connectivity index (χ1n) is 7.53. The van der Waals surface area contributed by atoms with Crippen molar-refractivity contribution in [3.63, 3.8) is 0 Å². The van der Waals surface area contributed by atoms with E-state index in [-0.39, 0.29) is 0 Å². The third-order valence-corrected chi connectivity index (χ3v) is 3.80. The van der Waals surface area contributed by atoms with Crippen LogP contribution < -0.4 is 5.32 Å². The second-order valence-corrected chi connectivity index (χ2v) is 5.80. The first-order chi connectivity index (χ1) is 9.70. The van der Waals surface area contributed by atoms with Crippen molar-refractivity contribution in [2.45, 2.75) is 32.7 Å². The third kappa shape index (κ3) is 3.94.